The summed E-state index contributed by atoms with van der Waals surface area (Å²) in [4.78, 5) is 14.8. The number of anilines is 1. The average Bonchev–Trinajstić information content (AvgIpc) is 3.31. The molecule has 1 saturated heterocycles. The molecule has 3 aromatic rings. The smallest absolute Gasteiger partial charge is 0.414 e. The summed E-state index contributed by atoms with van der Waals surface area (Å²) in [6.07, 6.45) is 5.15. The number of hydrogen-bond acceptors (Lipinski definition) is 3. The first-order valence-electron chi connectivity index (χ1n) is 8.67. The molecule has 1 aromatic heterocycles. The molecular weight excluding hydrogens is 363 g/mol. The lowest BCUT2D eigenvalue weighted by molar-refractivity contribution is 0.132. The van der Waals surface area contributed by atoms with Gasteiger partial charge >= 0.3 is 6.09 Å². The Morgan fingerprint density at radius 2 is 1.89 bits per heavy atom. The molecule has 138 valence electrons. The number of cyclic esters (lactones) is 1. The molecule has 0 saturated carbocycles. The van der Waals surface area contributed by atoms with Gasteiger partial charge in [0, 0.05) is 22.9 Å². The summed E-state index contributed by atoms with van der Waals surface area (Å²) in [5.74, 6) is -0.355. The van der Waals surface area contributed by atoms with Crippen molar-refractivity contribution in [3.63, 3.8) is 0 Å². The van der Waals surface area contributed by atoms with Crippen LogP contribution in [0.25, 0.3) is 11.1 Å². The second kappa shape index (κ2) is 7.48. The Kier molecular flexibility index (Phi) is 4.90. The molecule has 6 heteroatoms. The van der Waals surface area contributed by atoms with Crippen LogP contribution in [0.15, 0.2) is 71.9 Å². The summed E-state index contributed by atoms with van der Waals surface area (Å²) < 4.78 is 22.1. The van der Waals surface area contributed by atoms with Gasteiger partial charge < -0.3 is 9.30 Å². The largest absolute Gasteiger partial charge is 0.442 e. The fourth-order valence-corrected chi connectivity index (χ4v) is 3.64. The molecule has 27 heavy (non-hydrogen) atoms. The molecule has 1 aliphatic rings. The van der Waals surface area contributed by atoms with E-state index >= 15 is 0 Å². The molecule has 1 aliphatic heterocycles. The van der Waals surface area contributed by atoms with Gasteiger partial charge in [-0.15, -0.1) is 11.8 Å². The van der Waals surface area contributed by atoms with Crippen molar-refractivity contribution in [1.29, 1.82) is 0 Å². The first-order valence-corrected chi connectivity index (χ1v) is 9.89. The van der Waals surface area contributed by atoms with Crippen molar-refractivity contribution < 1.29 is 13.9 Å². The van der Waals surface area contributed by atoms with E-state index in [1.807, 2.05) is 59.6 Å². The van der Waals surface area contributed by atoms with E-state index in [0.29, 0.717) is 24.3 Å². The van der Waals surface area contributed by atoms with E-state index in [-0.39, 0.29) is 11.9 Å². The molecule has 4 rings (SSSR count). The van der Waals surface area contributed by atoms with Gasteiger partial charge in [0.05, 0.1) is 18.8 Å². The predicted octanol–water partition coefficient (Wildman–Crippen LogP) is 5.04. The van der Waals surface area contributed by atoms with Crippen LogP contribution in [0, 0.1) is 5.82 Å². The van der Waals surface area contributed by atoms with Gasteiger partial charge in [-0.2, -0.15) is 0 Å². The predicted molar refractivity (Wildman–Crippen MR) is 106 cm³/mol. The maximum atomic E-state index is 14.7. The molecule has 1 amide bonds. The van der Waals surface area contributed by atoms with E-state index in [1.54, 1.807) is 23.9 Å². The maximum Gasteiger partial charge on any atom is 0.414 e. The zero-order valence-electron chi connectivity index (χ0n) is 14.8. The highest BCUT2D eigenvalue weighted by atomic mass is 32.2. The van der Waals surface area contributed by atoms with Crippen LogP contribution in [-0.4, -0.2) is 29.6 Å². The number of carbonyl (C=O) groups is 1. The third-order valence-corrected chi connectivity index (χ3v) is 5.36. The monoisotopic (exact) mass is 382 g/mol. The van der Waals surface area contributed by atoms with Gasteiger partial charge in [0.2, 0.25) is 0 Å². The molecule has 4 nitrogen and oxygen atoms in total. The minimum absolute atomic E-state index is 0.258. The Labute approximate surface area is 161 Å². The van der Waals surface area contributed by atoms with Crippen LogP contribution in [0.4, 0.5) is 14.9 Å². The quantitative estimate of drug-likeness (QED) is 0.580. The highest BCUT2D eigenvalue weighted by Crippen LogP contribution is 2.30. The summed E-state index contributed by atoms with van der Waals surface area (Å²) in [5.41, 5.74) is 1.84. The number of ether oxygens (including phenoxy) is 1. The Hall–Kier alpha value is -2.73. The number of carbonyl (C=O) groups excluding carboxylic acids is 1. The number of hydrogen-bond donors (Lipinski definition) is 0. The molecule has 2 aromatic carbocycles. The van der Waals surface area contributed by atoms with Crippen molar-refractivity contribution in [3.8, 4) is 11.1 Å². The van der Waals surface area contributed by atoms with E-state index < -0.39 is 6.09 Å². The number of amides is 1. The van der Waals surface area contributed by atoms with Gasteiger partial charge in [0.15, 0.2) is 0 Å². The van der Waals surface area contributed by atoms with E-state index in [2.05, 4.69) is 0 Å². The van der Waals surface area contributed by atoms with Gasteiger partial charge in [0.25, 0.3) is 0 Å². The van der Waals surface area contributed by atoms with Crippen molar-refractivity contribution in [2.75, 3.05) is 17.7 Å². The first-order chi connectivity index (χ1) is 13.1. The van der Waals surface area contributed by atoms with Crippen LogP contribution < -0.4 is 4.90 Å². The maximum absolute atomic E-state index is 14.7. The van der Waals surface area contributed by atoms with Crippen molar-refractivity contribution in [2.45, 2.75) is 17.5 Å². The molecule has 1 unspecified atom stereocenters. The second-order valence-corrected chi connectivity index (χ2v) is 7.27. The van der Waals surface area contributed by atoms with Crippen molar-refractivity contribution in [2.24, 2.45) is 0 Å². The Balaban J connectivity index is 1.52. The van der Waals surface area contributed by atoms with Crippen LogP contribution in [0.3, 0.4) is 0 Å². The van der Waals surface area contributed by atoms with E-state index in [4.69, 9.17) is 4.74 Å². The topological polar surface area (TPSA) is 34.5 Å². The van der Waals surface area contributed by atoms with Crippen LogP contribution in [0.1, 0.15) is 0 Å². The van der Waals surface area contributed by atoms with Crippen molar-refractivity contribution >= 4 is 23.5 Å². The highest BCUT2D eigenvalue weighted by Gasteiger charge is 2.32. The molecule has 0 radical (unpaired) electrons. The number of benzene rings is 2. The molecule has 1 fully saturated rings. The molecule has 0 spiro atoms. The summed E-state index contributed by atoms with van der Waals surface area (Å²) in [7, 11) is 0. The second-order valence-electron chi connectivity index (χ2n) is 6.39. The molecule has 0 bridgehead atoms. The number of nitrogens with zero attached hydrogens (tertiary/aromatic N) is 2. The fourth-order valence-electron chi connectivity index (χ4n) is 3.23. The summed E-state index contributed by atoms with van der Waals surface area (Å²) >= 11 is 1.64. The molecule has 0 N–H and O–H groups in total. The fraction of sp³-hybridized carbons (Fsp3) is 0.190. The number of halogens is 1. The normalized spacial score (nSPS) is 16.6. The van der Waals surface area contributed by atoms with E-state index in [1.165, 1.54) is 11.0 Å². The summed E-state index contributed by atoms with van der Waals surface area (Å²) in [5, 5.41) is 0. The van der Waals surface area contributed by atoms with Gasteiger partial charge in [0.1, 0.15) is 11.9 Å². The van der Waals surface area contributed by atoms with Crippen LogP contribution in [0.5, 0.6) is 0 Å². The van der Waals surface area contributed by atoms with Crippen LogP contribution in [-0.2, 0) is 11.3 Å². The first kappa shape index (κ1) is 17.7. The lowest BCUT2D eigenvalue weighted by atomic mass is 10.0. The molecule has 0 aliphatic carbocycles. The van der Waals surface area contributed by atoms with E-state index in [9.17, 15) is 9.18 Å². The lowest BCUT2D eigenvalue weighted by Crippen LogP contribution is -2.25. The van der Waals surface area contributed by atoms with Gasteiger partial charge in [-0.25, -0.2) is 9.18 Å². The number of rotatable bonds is 5. The lowest BCUT2D eigenvalue weighted by Gasteiger charge is -2.15. The van der Waals surface area contributed by atoms with Crippen LogP contribution in [0.2, 0.25) is 0 Å². The van der Waals surface area contributed by atoms with Gasteiger partial charge in [-0.3, -0.25) is 4.90 Å². The molecule has 2 heterocycles. The molecular formula is C21H19FN2O2S. The van der Waals surface area contributed by atoms with Crippen molar-refractivity contribution in [1.82, 2.24) is 4.57 Å². The highest BCUT2D eigenvalue weighted by molar-refractivity contribution is 7.98. The number of thioether (sulfide) groups is 1. The Bertz CT molecular complexity index is 941. The van der Waals surface area contributed by atoms with Crippen molar-refractivity contribution in [3.05, 3.63) is 72.8 Å². The van der Waals surface area contributed by atoms with Crippen LogP contribution >= 0.6 is 11.8 Å². The summed E-state index contributed by atoms with van der Waals surface area (Å²) in [6, 6.07) is 16.5. The zero-order valence-corrected chi connectivity index (χ0v) is 15.7. The van der Waals surface area contributed by atoms with E-state index in [0.717, 1.165) is 10.5 Å². The minimum Gasteiger partial charge on any atom is -0.442 e. The summed E-state index contributed by atoms with van der Waals surface area (Å²) in [6.45, 7) is 0.982. The Morgan fingerprint density at radius 1 is 1.15 bits per heavy atom. The minimum atomic E-state index is -0.441. The zero-order chi connectivity index (χ0) is 18.8. The average molecular weight is 382 g/mol. The van der Waals surface area contributed by atoms with Gasteiger partial charge in [-0.1, -0.05) is 12.1 Å². The molecule has 1 atom stereocenters. The van der Waals surface area contributed by atoms with Gasteiger partial charge in [-0.05, 0) is 54.3 Å². The SMILES string of the molecule is CSc1ccc(-c2ccc(N3CC(Cn4cccc4)OC3=O)cc2F)cc1. The third kappa shape index (κ3) is 3.71. The Morgan fingerprint density at radius 3 is 2.56 bits per heavy atom. The third-order valence-electron chi connectivity index (χ3n) is 4.62. The number of aromatic nitrogens is 1. The standard InChI is InChI=1S/C21H19FN2O2S/c1-27-18-7-4-15(5-8-18)19-9-6-16(12-20(19)22)24-14-17(26-21(24)25)13-23-10-2-3-11-23/h2-12,17H,13-14H2,1H3.